The molecule has 3 aromatic carbocycles. The van der Waals surface area contributed by atoms with Crippen LogP contribution in [0.2, 0.25) is 10.0 Å². The van der Waals surface area contributed by atoms with E-state index in [0.717, 1.165) is 16.7 Å². The van der Waals surface area contributed by atoms with E-state index in [2.05, 4.69) is 15.8 Å². The first-order chi connectivity index (χ1) is 15.4. The Labute approximate surface area is 196 Å². The molecule has 0 unspecified atom stereocenters. The predicted molar refractivity (Wildman–Crippen MR) is 126 cm³/mol. The highest BCUT2D eigenvalue weighted by Gasteiger charge is 2.16. The van der Waals surface area contributed by atoms with Crippen LogP contribution in [0.1, 0.15) is 29.7 Å². The van der Waals surface area contributed by atoms with Gasteiger partial charge in [0.15, 0.2) is 0 Å². The van der Waals surface area contributed by atoms with E-state index in [-0.39, 0.29) is 6.04 Å². The summed E-state index contributed by atoms with van der Waals surface area (Å²) < 4.78 is 5.72. The normalized spacial score (nSPS) is 11.7. The fourth-order valence-electron chi connectivity index (χ4n) is 2.75. The maximum atomic E-state index is 12.0. The topological polar surface area (TPSA) is 79.8 Å². The van der Waals surface area contributed by atoms with E-state index < -0.39 is 11.8 Å². The van der Waals surface area contributed by atoms with Crippen LogP contribution in [0.25, 0.3) is 0 Å². The summed E-state index contributed by atoms with van der Waals surface area (Å²) in [5.41, 5.74) is 4.67. The zero-order valence-electron chi connectivity index (χ0n) is 17.2. The first-order valence-electron chi connectivity index (χ1n) is 9.78. The third kappa shape index (κ3) is 6.83. The van der Waals surface area contributed by atoms with Crippen molar-refractivity contribution in [3.63, 3.8) is 0 Å². The quantitative estimate of drug-likeness (QED) is 0.293. The van der Waals surface area contributed by atoms with Gasteiger partial charge in [0.2, 0.25) is 0 Å². The Balaban J connectivity index is 1.46. The molecular formula is C24H21Cl2N3O3. The fourth-order valence-corrected chi connectivity index (χ4v) is 3.22. The van der Waals surface area contributed by atoms with Crippen LogP contribution >= 0.6 is 23.2 Å². The molecule has 0 aliphatic rings. The molecule has 0 aliphatic heterocycles. The molecule has 1 atom stereocenters. The number of ether oxygens (including phenoxy) is 1. The maximum absolute atomic E-state index is 12.0. The minimum Gasteiger partial charge on any atom is -0.489 e. The standard InChI is InChI=1S/C24H21Cl2N3O3/c1-16(18-5-3-2-4-6-18)28-23(30)24(31)29-27-14-17-7-11-21(12-8-17)32-15-19-9-10-20(25)13-22(19)26/h2-14,16H,15H2,1H3,(H,28,30)(H,29,31)/b27-14-/t16-/m1/s1. The van der Waals surface area contributed by atoms with Gasteiger partial charge in [-0.2, -0.15) is 5.10 Å². The first kappa shape index (κ1) is 23.3. The van der Waals surface area contributed by atoms with E-state index in [4.69, 9.17) is 27.9 Å². The summed E-state index contributed by atoms with van der Waals surface area (Å²) in [6.45, 7) is 2.10. The number of hydrazone groups is 1. The molecule has 0 bridgehead atoms. The van der Waals surface area contributed by atoms with Crippen molar-refractivity contribution in [2.24, 2.45) is 5.10 Å². The number of carbonyl (C=O) groups is 2. The molecule has 0 aromatic heterocycles. The Morgan fingerprint density at radius 3 is 2.41 bits per heavy atom. The number of benzene rings is 3. The minimum atomic E-state index is -0.844. The number of hydrogen-bond donors (Lipinski definition) is 2. The van der Waals surface area contributed by atoms with Gasteiger partial charge < -0.3 is 10.1 Å². The summed E-state index contributed by atoms with van der Waals surface area (Å²) in [6, 6.07) is 21.4. The number of nitrogens with one attached hydrogen (secondary N) is 2. The van der Waals surface area contributed by atoms with Crippen molar-refractivity contribution in [3.8, 4) is 5.75 Å². The minimum absolute atomic E-state index is 0.297. The summed E-state index contributed by atoms with van der Waals surface area (Å²) in [5.74, 6) is -0.960. The largest absolute Gasteiger partial charge is 0.489 e. The van der Waals surface area contributed by atoms with Crippen LogP contribution in [-0.4, -0.2) is 18.0 Å². The molecule has 0 radical (unpaired) electrons. The lowest BCUT2D eigenvalue weighted by molar-refractivity contribution is -0.139. The SMILES string of the molecule is C[C@@H](NC(=O)C(=O)N/N=C\c1ccc(OCc2ccc(Cl)cc2Cl)cc1)c1ccccc1. The monoisotopic (exact) mass is 469 g/mol. The highest BCUT2D eigenvalue weighted by atomic mass is 35.5. The van der Waals surface area contributed by atoms with Crippen molar-refractivity contribution >= 4 is 41.2 Å². The molecule has 8 heteroatoms. The Morgan fingerprint density at radius 1 is 1.00 bits per heavy atom. The second kappa shape index (κ2) is 11.3. The van der Waals surface area contributed by atoms with Crippen LogP contribution in [0.4, 0.5) is 0 Å². The highest BCUT2D eigenvalue weighted by Crippen LogP contribution is 2.22. The van der Waals surface area contributed by atoms with Crippen molar-refractivity contribution in [1.29, 1.82) is 0 Å². The molecule has 0 aliphatic carbocycles. The van der Waals surface area contributed by atoms with Crippen LogP contribution in [0.5, 0.6) is 5.75 Å². The molecule has 6 nitrogen and oxygen atoms in total. The lowest BCUT2D eigenvalue weighted by atomic mass is 10.1. The summed E-state index contributed by atoms with van der Waals surface area (Å²) in [6.07, 6.45) is 1.44. The van der Waals surface area contributed by atoms with Gasteiger partial charge in [0, 0.05) is 15.6 Å². The molecule has 2 N–H and O–H groups in total. The molecule has 0 saturated heterocycles. The molecule has 164 valence electrons. The van der Waals surface area contributed by atoms with Gasteiger partial charge in [0.05, 0.1) is 12.3 Å². The van der Waals surface area contributed by atoms with Gasteiger partial charge in [0.25, 0.3) is 0 Å². The lowest BCUT2D eigenvalue weighted by Crippen LogP contribution is -2.39. The second-order valence-electron chi connectivity index (χ2n) is 6.90. The third-order valence-electron chi connectivity index (χ3n) is 4.52. The number of halogens is 2. The molecule has 0 heterocycles. The highest BCUT2D eigenvalue weighted by molar-refractivity contribution is 6.35. The predicted octanol–water partition coefficient (Wildman–Crippen LogP) is 4.90. The van der Waals surface area contributed by atoms with Crippen LogP contribution in [0, 0.1) is 0 Å². The fraction of sp³-hybridized carbons (Fsp3) is 0.125. The van der Waals surface area contributed by atoms with E-state index in [1.165, 1.54) is 6.21 Å². The average molecular weight is 470 g/mol. The van der Waals surface area contributed by atoms with E-state index in [0.29, 0.717) is 22.4 Å². The van der Waals surface area contributed by atoms with Crippen molar-refractivity contribution in [2.75, 3.05) is 0 Å². The number of amides is 2. The van der Waals surface area contributed by atoms with E-state index in [1.54, 1.807) is 43.3 Å². The van der Waals surface area contributed by atoms with Gasteiger partial charge in [-0.15, -0.1) is 0 Å². The summed E-state index contributed by atoms with van der Waals surface area (Å²) in [5, 5.41) is 7.57. The maximum Gasteiger partial charge on any atom is 0.329 e. The van der Waals surface area contributed by atoms with Crippen LogP contribution in [0.3, 0.4) is 0 Å². The number of rotatable bonds is 7. The van der Waals surface area contributed by atoms with Gasteiger partial charge in [-0.3, -0.25) is 9.59 Å². The van der Waals surface area contributed by atoms with Crippen molar-refractivity contribution < 1.29 is 14.3 Å². The Hall–Kier alpha value is -3.35. The molecule has 0 saturated carbocycles. The van der Waals surface area contributed by atoms with Gasteiger partial charge in [-0.1, -0.05) is 59.6 Å². The Kier molecular flexibility index (Phi) is 8.25. The number of carbonyl (C=O) groups excluding carboxylic acids is 2. The third-order valence-corrected chi connectivity index (χ3v) is 5.11. The first-order valence-corrected chi connectivity index (χ1v) is 10.5. The van der Waals surface area contributed by atoms with Crippen molar-refractivity contribution in [1.82, 2.24) is 10.7 Å². The number of hydrogen-bond acceptors (Lipinski definition) is 4. The van der Waals surface area contributed by atoms with Gasteiger partial charge >= 0.3 is 11.8 Å². The van der Waals surface area contributed by atoms with Crippen LogP contribution < -0.4 is 15.5 Å². The molecule has 32 heavy (non-hydrogen) atoms. The molecule has 3 rings (SSSR count). The van der Waals surface area contributed by atoms with E-state index in [1.807, 2.05) is 36.4 Å². The van der Waals surface area contributed by atoms with E-state index in [9.17, 15) is 9.59 Å². The van der Waals surface area contributed by atoms with Crippen LogP contribution in [0.15, 0.2) is 77.9 Å². The molecule has 0 spiro atoms. The Bertz CT molecular complexity index is 1100. The van der Waals surface area contributed by atoms with Gasteiger partial charge in [-0.05, 0) is 54.4 Å². The van der Waals surface area contributed by atoms with Gasteiger partial charge in [-0.25, -0.2) is 5.43 Å². The van der Waals surface area contributed by atoms with Gasteiger partial charge in [0.1, 0.15) is 12.4 Å². The van der Waals surface area contributed by atoms with Crippen LogP contribution in [-0.2, 0) is 16.2 Å². The zero-order valence-corrected chi connectivity index (χ0v) is 18.7. The summed E-state index contributed by atoms with van der Waals surface area (Å²) in [4.78, 5) is 24.0. The molecular weight excluding hydrogens is 449 g/mol. The zero-order chi connectivity index (χ0) is 22.9. The van der Waals surface area contributed by atoms with E-state index >= 15 is 0 Å². The lowest BCUT2D eigenvalue weighted by Gasteiger charge is -2.13. The second-order valence-corrected chi connectivity index (χ2v) is 7.74. The van der Waals surface area contributed by atoms with Crippen molar-refractivity contribution in [2.45, 2.75) is 19.6 Å². The Morgan fingerprint density at radius 2 is 1.72 bits per heavy atom. The number of nitrogens with zero attached hydrogens (tertiary/aromatic N) is 1. The molecule has 2 amide bonds. The summed E-state index contributed by atoms with van der Waals surface area (Å²) >= 11 is 12.0. The summed E-state index contributed by atoms with van der Waals surface area (Å²) in [7, 11) is 0. The molecule has 0 fully saturated rings. The smallest absolute Gasteiger partial charge is 0.329 e. The van der Waals surface area contributed by atoms with Crippen molar-refractivity contribution in [3.05, 3.63) is 99.5 Å². The molecule has 3 aromatic rings. The average Bonchev–Trinajstić information content (AvgIpc) is 2.80.